The van der Waals surface area contributed by atoms with Crippen LogP contribution in [-0.4, -0.2) is 115 Å². The zero-order chi connectivity index (χ0) is 22.2. The van der Waals surface area contributed by atoms with Gasteiger partial charge in [0.25, 0.3) is 0 Å². The van der Waals surface area contributed by atoms with Crippen LogP contribution in [-0.2, 0) is 18.9 Å². The molecule has 1 aliphatic carbocycles. The first kappa shape index (κ1) is 23.5. The second-order valence-electron chi connectivity index (χ2n) is 7.78. The van der Waals surface area contributed by atoms with Crippen molar-refractivity contribution in [3.05, 3.63) is 12.2 Å². The van der Waals surface area contributed by atoms with Gasteiger partial charge in [-0.3, -0.25) is 0 Å². The van der Waals surface area contributed by atoms with Crippen LogP contribution in [0.3, 0.4) is 0 Å². The minimum atomic E-state index is -1.70. The van der Waals surface area contributed by atoms with Gasteiger partial charge in [0, 0.05) is 6.42 Å². The minimum Gasteiger partial charge on any atom is -0.389 e. The number of aliphatic hydroxyl groups excluding tert-OH is 7. The van der Waals surface area contributed by atoms with Crippen molar-refractivity contribution in [3.8, 4) is 6.07 Å². The van der Waals surface area contributed by atoms with Gasteiger partial charge in [-0.15, -0.1) is 0 Å². The van der Waals surface area contributed by atoms with Crippen molar-refractivity contribution in [1.82, 2.24) is 0 Å². The summed E-state index contributed by atoms with van der Waals surface area (Å²) < 4.78 is 21.7. The maximum Gasteiger partial charge on any atom is 0.189 e. The van der Waals surface area contributed by atoms with Gasteiger partial charge in [0.1, 0.15) is 48.8 Å². The van der Waals surface area contributed by atoms with Crippen molar-refractivity contribution < 1.29 is 54.7 Å². The Balaban J connectivity index is 1.65. The first-order valence-electron chi connectivity index (χ1n) is 9.56. The third-order valence-electron chi connectivity index (χ3n) is 5.52. The zero-order valence-corrected chi connectivity index (χ0v) is 16.1. The highest BCUT2D eigenvalue weighted by Gasteiger charge is 2.49. The number of nitrogens with zero attached hydrogens (tertiary/aromatic N) is 1. The van der Waals surface area contributed by atoms with Crippen LogP contribution in [0, 0.1) is 11.3 Å². The highest BCUT2D eigenvalue weighted by Crippen LogP contribution is 2.32. The van der Waals surface area contributed by atoms with Crippen molar-refractivity contribution in [2.24, 2.45) is 0 Å². The van der Waals surface area contributed by atoms with Gasteiger partial charge < -0.3 is 54.7 Å². The summed E-state index contributed by atoms with van der Waals surface area (Å²) in [5, 5.41) is 79.2. The molecule has 12 atom stereocenters. The van der Waals surface area contributed by atoms with E-state index in [1.165, 1.54) is 19.1 Å². The van der Waals surface area contributed by atoms with Crippen LogP contribution in [0.15, 0.2) is 12.2 Å². The lowest BCUT2D eigenvalue weighted by molar-refractivity contribution is -0.335. The lowest BCUT2D eigenvalue weighted by Gasteiger charge is -2.43. The Morgan fingerprint density at radius 3 is 2.17 bits per heavy atom. The van der Waals surface area contributed by atoms with Crippen LogP contribution >= 0.6 is 0 Å². The second-order valence-corrected chi connectivity index (χ2v) is 7.78. The van der Waals surface area contributed by atoms with Gasteiger partial charge in [-0.1, -0.05) is 6.08 Å². The molecule has 0 spiro atoms. The van der Waals surface area contributed by atoms with E-state index >= 15 is 0 Å². The summed E-state index contributed by atoms with van der Waals surface area (Å²) >= 11 is 0. The lowest BCUT2D eigenvalue weighted by atomic mass is 9.98. The van der Waals surface area contributed by atoms with E-state index in [1.807, 2.05) is 6.07 Å². The van der Waals surface area contributed by atoms with Gasteiger partial charge in [-0.2, -0.15) is 5.26 Å². The Morgan fingerprint density at radius 2 is 1.57 bits per heavy atom. The molecule has 0 aromatic rings. The molecule has 12 heteroatoms. The largest absolute Gasteiger partial charge is 0.389 e. The Hall–Kier alpha value is -1.21. The van der Waals surface area contributed by atoms with E-state index in [0.717, 1.165) is 0 Å². The van der Waals surface area contributed by atoms with Crippen molar-refractivity contribution in [2.45, 2.75) is 86.5 Å². The van der Waals surface area contributed by atoms with Gasteiger partial charge in [0.2, 0.25) is 0 Å². The highest BCUT2D eigenvalue weighted by atomic mass is 16.7. The summed E-state index contributed by atoms with van der Waals surface area (Å²) in [6.07, 6.45) is -12.7. The third-order valence-corrected chi connectivity index (χ3v) is 5.52. The monoisotopic (exact) mass is 433 g/mol. The zero-order valence-electron chi connectivity index (χ0n) is 16.1. The van der Waals surface area contributed by atoms with Crippen LogP contribution in [0.5, 0.6) is 0 Å². The molecule has 3 aliphatic rings. The van der Waals surface area contributed by atoms with Crippen molar-refractivity contribution in [3.63, 3.8) is 0 Å². The molecule has 0 amide bonds. The van der Waals surface area contributed by atoms with Gasteiger partial charge in [0.05, 0.1) is 18.8 Å². The lowest BCUT2D eigenvalue weighted by Crippen LogP contribution is -2.62. The molecule has 12 nitrogen and oxygen atoms in total. The second kappa shape index (κ2) is 9.11. The topological polar surface area (TPSA) is 202 Å². The van der Waals surface area contributed by atoms with Gasteiger partial charge >= 0.3 is 0 Å². The molecule has 2 fully saturated rings. The van der Waals surface area contributed by atoms with E-state index in [1.54, 1.807) is 0 Å². The quantitative estimate of drug-likeness (QED) is 0.209. The molecule has 0 radical (unpaired) electrons. The first-order chi connectivity index (χ1) is 14.1. The molecule has 2 saturated heterocycles. The molecule has 2 unspecified atom stereocenters. The molecule has 30 heavy (non-hydrogen) atoms. The summed E-state index contributed by atoms with van der Waals surface area (Å²) in [4.78, 5) is 0. The van der Waals surface area contributed by atoms with Gasteiger partial charge in [-0.25, -0.2) is 0 Å². The Labute approximate surface area is 172 Å². The van der Waals surface area contributed by atoms with Crippen LogP contribution in [0.1, 0.15) is 13.3 Å². The molecule has 2 aliphatic heterocycles. The van der Waals surface area contributed by atoms with Gasteiger partial charge in [0.15, 0.2) is 18.2 Å². The summed E-state index contributed by atoms with van der Waals surface area (Å²) in [6.45, 7) is 1.02. The molecule has 0 aromatic carbocycles. The van der Waals surface area contributed by atoms with E-state index in [-0.39, 0.29) is 6.42 Å². The molecule has 0 bridgehead atoms. The van der Waals surface area contributed by atoms with Crippen LogP contribution < -0.4 is 0 Å². The van der Waals surface area contributed by atoms with E-state index < -0.39 is 79.7 Å². The number of aliphatic hydroxyl groups is 7. The first-order valence-corrected chi connectivity index (χ1v) is 9.56. The highest BCUT2D eigenvalue weighted by molar-refractivity contribution is 5.24. The molecular weight excluding hydrogens is 406 g/mol. The van der Waals surface area contributed by atoms with E-state index in [4.69, 9.17) is 18.9 Å². The average molecular weight is 433 g/mol. The number of rotatable bonds is 5. The number of nitriles is 1. The predicted octanol–water partition coefficient (Wildman–Crippen LogP) is -3.76. The molecule has 7 N–H and O–H groups in total. The van der Waals surface area contributed by atoms with Crippen molar-refractivity contribution in [2.75, 3.05) is 6.61 Å². The maximum atomic E-state index is 10.2. The van der Waals surface area contributed by atoms with Crippen molar-refractivity contribution >= 4 is 0 Å². The van der Waals surface area contributed by atoms with E-state index in [9.17, 15) is 41.0 Å². The molecule has 2 heterocycles. The fourth-order valence-corrected chi connectivity index (χ4v) is 3.61. The van der Waals surface area contributed by atoms with Crippen LogP contribution in [0.25, 0.3) is 0 Å². The maximum absolute atomic E-state index is 10.2. The van der Waals surface area contributed by atoms with E-state index in [0.29, 0.717) is 0 Å². The third kappa shape index (κ3) is 4.52. The molecule has 3 rings (SSSR count). The molecule has 0 saturated carbocycles. The summed E-state index contributed by atoms with van der Waals surface area (Å²) in [5.74, 6) is 0. The molecular formula is C18H27NO11. The van der Waals surface area contributed by atoms with Crippen LogP contribution in [0.2, 0.25) is 0 Å². The number of hydrogen-bond donors (Lipinski definition) is 7. The number of ether oxygens (including phenoxy) is 4. The molecule has 170 valence electrons. The summed E-state index contributed by atoms with van der Waals surface area (Å²) in [5.41, 5.74) is -1.59. The van der Waals surface area contributed by atoms with Crippen molar-refractivity contribution in [1.29, 1.82) is 5.26 Å². The summed E-state index contributed by atoms with van der Waals surface area (Å²) in [6, 6.07) is 1.88. The fourth-order valence-electron chi connectivity index (χ4n) is 3.61. The Kier molecular flexibility index (Phi) is 7.12. The molecule has 0 aromatic heterocycles. The summed E-state index contributed by atoms with van der Waals surface area (Å²) in [7, 11) is 0. The SMILES string of the molecule is C[C@H]1O[C@@H](OC[C@H]2O[C@@H](OC3(C#N)C=CC(O)C3)[C@H](O)[C@@H](O)[C@@H]2O)[C@@H](O)[C@@H](O)[C@@H]1O. The minimum absolute atomic E-state index is 0.101. The normalized spacial score (nSPS) is 51.6. The fraction of sp³-hybridized carbons (Fsp3) is 0.833. The predicted molar refractivity (Wildman–Crippen MR) is 94.2 cm³/mol. The van der Waals surface area contributed by atoms with E-state index in [2.05, 4.69) is 0 Å². The average Bonchev–Trinajstić information content (AvgIpc) is 3.10. The Bertz CT molecular complexity index is 671. The number of hydrogen-bond acceptors (Lipinski definition) is 12. The Morgan fingerprint density at radius 1 is 0.933 bits per heavy atom. The smallest absolute Gasteiger partial charge is 0.189 e. The van der Waals surface area contributed by atoms with Gasteiger partial charge in [-0.05, 0) is 13.0 Å². The standard InChI is InChI=1S/C18H27NO11/c1-7-10(21)12(23)14(25)16(28-7)27-5-9-11(22)13(24)15(26)17(29-9)30-18(6-19)3-2-8(20)4-18/h2-3,7-17,20-26H,4-5H2,1H3/t7-,8?,9-,10-,11-,12+,13+,14+,15-,16-,17+,18?/m1/s1. The van der Waals surface area contributed by atoms with Crippen LogP contribution in [0.4, 0.5) is 0 Å².